The maximum Gasteiger partial charge on any atom is 0.262 e. The van der Waals surface area contributed by atoms with Gasteiger partial charge in [-0.15, -0.1) is 11.8 Å². The van der Waals surface area contributed by atoms with Gasteiger partial charge in [-0.1, -0.05) is 66.2 Å². The van der Waals surface area contributed by atoms with E-state index in [9.17, 15) is 9.59 Å². The third-order valence-corrected chi connectivity index (χ3v) is 6.79. The van der Waals surface area contributed by atoms with Gasteiger partial charge in [-0.2, -0.15) is 0 Å². The number of thioether (sulfide) groups is 1. The van der Waals surface area contributed by atoms with Crippen LogP contribution in [0.5, 0.6) is 11.5 Å². The minimum Gasteiger partial charge on any atom is -0.495 e. The minimum absolute atomic E-state index is 0.110. The van der Waals surface area contributed by atoms with Crippen molar-refractivity contribution in [3.63, 3.8) is 0 Å². The van der Waals surface area contributed by atoms with Crippen molar-refractivity contribution in [3.05, 3.63) is 114 Å². The molecule has 6 nitrogen and oxygen atoms in total. The molecule has 0 bridgehead atoms. The van der Waals surface area contributed by atoms with Crippen LogP contribution < -0.4 is 20.1 Å². The third-order valence-electron chi connectivity index (χ3n) is 5.24. The summed E-state index contributed by atoms with van der Waals surface area (Å²) < 4.78 is 10.7. The second-order valence-corrected chi connectivity index (χ2v) is 9.51. The SMILES string of the molecule is COc1ccc(NC(=O)C(Sc2cccc(NC(=O)COc3ccccc3)c2)c2ccccc2)cc1Cl. The highest BCUT2D eigenvalue weighted by Crippen LogP contribution is 2.37. The highest BCUT2D eigenvalue weighted by molar-refractivity contribution is 8.00. The lowest BCUT2D eigenvalue weighted by Crippen LogP contribution is -2.20. The number of amides is 2. The molecule has 0 aliphatic heterocycles. The highest BCUT2D eigenvalue weighted by atomic mass is 35.5. The number of hydrogen-bond acceptors (Lipinski definition) is 5. The fourth-order valence-electron chi connectivity index (χ4n) is 3.50. The fraction of sp³-hybridized carbons (Fsp3) is 0.103. The molecule has 4 aromatic carbocycles. The summed E-state index contributed by atoms with van der Waals surface area (Å²) in [6.07, 6.45) is 0. The third kappa shape index (κ3) is 7.52. The van der Waals surface area contributed by atoms with Gasteiger partial charge in [0, 0.05) is 16.3 Å². The van der Waals surface area contributed by atoms with E-state index in [0.717, 1.165) is 10.5 Å². The van der Waals surface area contributed by atoms with Crippen molar-refractivity contribution in [1.82, 2.24) is 0 Å². The number of ether oxygens (including phenoxy) is 2. The van der Waals surface area contributed by atoms with Gasteiger partial charge in [0.2, 0.25) is 5.91 Å². The molecule has 0 aromatic heterocycles. The van der Waals surface area contributed by atoms with E-state index in [0.29, 0.717) is 27.9 Å². The second kappa shape index (κ2) is 12.9. The number of carbonyl (C=O) groups is 2. The molecule has 0 aliphatic carbocycles. The van der Waals surface area contributed by atoms with Crippen molar-refractivity contribution in [3.8, 4) is 11.5 Å². The van der Waals surface area contributed by atoms with E-state index in [4.69, 9.17) is 21.1 Å². The number of anilines is 2. The fourth-order valence-corrected chi connectivity index (χ4v) is 4.84. The molecule has 0 radical (unpaired) electrons. The first-order valence-electron chi connectivity index (χ1n) is 11.5. The summed E-state index contributed by atoms with van der Waals surface area (Å²) >= 11 is 7.61. The summed E-state index contributed by atoms with van der Waals surface area (Å²) in [5.41, 5.74) is 2.02. The molecule has 4 rings (SSSR count). The van der Waals surface area contributed by atoms with Crippen molar-refractivity contribution >= 4 is 46.6 Å². The van der Waals surface area contributed by atoms with Crippen LogP contribution in [-0.2, 0) is 9.59 Å². The second-order valence-electron chi connectivity index (χ2n) is 7.92. The topological polar surface area (TPSA) is 76.7 Å². The maximum absolute atomic E-state index is 13.4. The zero-order chi connectivity index (χ0) is 26.0. The lowest BCUT2D eigenvalue weighted by molar-refractivity contribution is -0.118. The Morgan fingerprint density at radius 3 is 2.24 bits per heavy atom. The van der Waals surface area contributed by atoms with Crippen LogP contribution in [0.15, 0.2) is 108 Å². The molecule has 188 valence electrons. The molecule has 0 heterocycles. The average molecular weight is 533 g/mol. The summed E-state index contributed by atoms with van der Waals surface area (Å²) in [5, 5.41) is 5.65. The predicted molar refractivity (Wildman–Crippen MR) is 149 cm³/mol. The molecule has 0 fully saturated rings. The first-order chi connectivity index (χ1) is 18.0. The number of para-hydroxylation sites is 1. The number of hydrogen-bond donors (Lipinski definition) is 2. The largest absolute Gasteiger partial charge is 0.495 e. The molecule has 1 unspecified atom stereocenters. The molecule has 0 spiro atoms. The van der Waals surface area contributed by atoms with Crippen molar-refractivity contribution in [2.45, 2.75) is 10.1 Å². The standard InChI is InChI=1S/C29H25ClN2O4S/c1-35-26-16-15-22(18-25(26)30)32-29(34)28(20-9-4-2-5-10-20)37-24-14-8-11-21(17-24)31-27(33)19-36-23-12-6-3-7-13-23/h2-18,28H,19H2,1H3,(H,31,33)(H,32,34). The summed E-state index contributed by atoms with van der Waals surface area (Å²) in [6, 6.07) is 31.1. The Balaban J connectivity index is 1.46. The average Bonchev–Trinajstić information content (AvgIpc) is 2.92. The van der Waals surface area contributed by atoms with Crippen LogP contribution in [-0.4, -0.2) is 25.5 Å². The first kappa shape index (κ1) is 26.1. The Morgan fingerprint density at radius 2 is 1.54 bits per heavy atom. The number of benzene rings is 4. The molecular weight excluding hydrogens is 508 g/mol. The summed E-state index contributed by atoms with van der Waals surface area (Å²) in [5.74, 6) is 0.668. The van der Waals surface area contributed by atoms with Crippen LogP contribution in [0.1, 0.15) is 10.8 Å². The first-order valence-corrected chi connectivity index (χ1v) is 12.7. The van der Waals surface area contributed by atoms with Crippen LogP contribution in [0.4, 0.5) is 11.4 Å². The smallest absolute Gasteiger partial charge is 0.262 e. The number of methoxy groups -OCH3 is 1. The van der Waals surface area contributed by atoms with Crippen LogP contribution >= 0.6 is 23.4 Å². The lowest BCUT2D eigenvalue weighted by atomic mass is 10.1. The Kier molecular flexibility index (Phi) is 9.08. The lowest BCUT2D eigenvalue weighted by Gasteiger charge is -2.18. The molecule has 2 amide bonds. The summed E-state index contributed by atoms with van der Waals surface area (Å²) in [7, 11) is 1.54. The van der Waals surface area contributed by atoms with Gasteiger partial charge in [-0.3, -0.25) is 9.59 Å². The molecule has 2 N–H and O–H groups in total. The maximum atomic E-state index is 13.4. The van der Waals surface area contributed by atoms with Crippen LogP contribution in [0, 0.1) is 0 Å². The number of carbonyl (C=O) groups excluding carboxylic acids is 2. The normalized spacial score (nSPS) is 11.3. The van der Waals surface area contributed by atoms with Crippen molar-refractivity contribution in [2.24, 2.45) is 0 Å². The molecule has 4 aromatic rings. The van der Waals surface area contributed by atoms with Crippen LogP contribution in [0.2, 0.25) is 5.02 Å². The van der Waals surface area contributed by atoms with Gasteiger partial charge < -0.3 is 20.1 Å². The van der Waals surface area contributed by atoms with Gasteiger partial charge in [0.15, 0.2) is 6.61 Å². The van der Waals surface area contributed by atoms with E-state index < -0.39 is 5.25 Å². The van der Waals surface area contributed by atoms with Gasteiger partial charge in [0.05, 0.1) is 12.1 Å². The predicted octanol–water partition coefficient (Wildman–Crippen LogP) is 6.84. The number of nitrogens with one attached hydrogen (secondary N) is 2. The van der Waals surface area contributed by atoms with Crippen molar-refractivity contribution < 1.29 is 19.1 Å². The molecule has 0 aliphatic rings. The Hall–Kier alpha value is -3.94. The van der Waals surface area contributed by atoms with E-state index in [1.54, 1.807) is 36.4 Å². The van der Waals surface area contributed by atoms with Gasteiger partial charge in [0.1, 0.15) is 16.7 Å². The van der Waals surface area contributed by atoms with Gasteiger partial charge in [-0.25, -0.2) is 0 Å². The van der Waals surface area contributed by atoms with Crippen LogP contribution in [0.25, 0.3) is 0 Å². The van der Waals surface area contributed by atoms with Crippen LogP contribution in [0.3, 0.4) is 0 Å². The van der Waals surface area contributed by atoms with E-state index in [1.165, 1.54) is 18.9 Å². The molecule has 8 heteroatoms. The monoisotopic (exact) mass is 532 g/mol. The van der Waals surface area contributed by atoms with Gasteiger partial charge in [-0.05, 0) is 54.1 Å². The number of rotatable bonds is 10. The van der Waals surface area contributed by atoms with Crippen molar-refractivity contribution in [1.29, 1.82) is 0 Å². The van der Waals surface area contributed by atoms with E-state index in [1.807, 2.05) is 66.7 Å². The Bertz CT molecular complexity index is 1350. The summed E-state index contributed by atoms with van der Waals surface area (Å²) in [6.45, 7) is -0.110. The molecule has 0 saturated carbocycles. The Morgan fingerprint density at radius 1 is 0.838 bits per heavy atom. The van der Waals surface area contributed by atoms with Crippen molar-refractivity contribution in [2.75, 3.05) is 24.4 Å². The highest BCUT2D eigenvalue weighted by Gasteiger charge is 2.23. The summed E-state index contributed by atoms with van der Waals surface area (Å²) in [4.78, 5) is 26.6. The van der Waals surface area contributed by atoms with Gasteiger partial charge in [0.25, 0.3) is 5.91 Å². The molecule has 0 saturated heterocycles. The van der Waals surface area contributed by atoms with E-state index >= 15 is 0 Å². The molecule has 1 atom stereocenters. The molecule has 37 heavy (non-hydrogen) atoms. The molecular formula is C29H25ClN2O4S. The quantitative estimate of drug-likeness (QED) is 0.219. The van der Waals surface area contributed by atoms with E-state index in [-0.39, 0.29) is 18.4 Å². The zero-order valence-corrected chi connectivity index (χ0v) is 21.6. The minimum atomic E-state index is -0.547. The van der Waals surface area contributed by atoms with E-state index in [2.05, 4.69) is 10.6 Å². The van der Waals surface area contributed by atoms with Gasteiger partial charge >= 0.3 is 0 Å². The Labute approximate surface area is 225 Å². The zero-order valence-electron chi connectivity index (χ0n) is 20.0. The number of halogens is 1.